The Bertz CT molecular complexity index is 1170. The third-order valence-electron chi connectivity index (χ3n) is 7.17. The number of carbonyl (C=O) groups excluding carboxylic acids is 3. The number of nitrogens with two attached hydrogens (primary N) is 2. The fourth-order valence-corrected chi connectivity index (χ4v) is 5.25. The number of aliphatic hydroxyl groups is 1. The highest BCUT2D eigenvalue weighted by Gasteiger charge is 2.49. The Morgan fingerprint density at radius 2 is 1.77 bits per heavy atom. The minimum Gasteiger partial charge on any atom is -0.469 e. The van der Waals surface area contributed by atoms with Crippen LogP contribution in [0.4, 0.5) is 0 Å². The van der Waals surface area contributed by atoms with Crippen LogP contribution < -0.4 is 16.8 Å². The van der Waals surface area contributed by atoms with Gasteiger partial charge in [-0.05, 0) is 43.0 Å². The van der Waals surface area contributed by atoms with E-state index in [1.54, 1.807) is 17.0 Å². The molecule has 9 nitrogen and oxygen atoms in total. The lowest BCUT2D eigenvalue weighted by Crippen LogP contribution is -2.52. The van der Waals surface area contributed by atoms with Gasteiger partial charge in [-0.1, -0.05) is 50.3 Å². The number of amides is 3. The molecular formula is C30H40N4O5. The van der Waals surface area contributed by atoms with Gasteiger partial charge >= 0.3 is 0 Å². The van der Waals surface area contributed by atoms with Crippen molar-refractivity contribution in [3.63, 3.8) is 0 Å². The van der Waals surface area contributed by atoms with Crippen molar-refractivity contribution in [3.05, 3.63) is 83.3 Å². The molecule has 3 amide bonds. The monoisotopic (exact) mass is 536 g/mol. The van der Waals surface area contributed by atoms with E-state index < -0.39 is 29.3 Å². The topological polar surface area (TPSA) is 152 Å². The molecule has 1 aromatic heterocycles. The first-order valence-electron chi connectivity index (χ1n) is 13.5. The molecular weight excluding hydrogens is 496 g/mol. The molecule has 1 heterocycles. The van der Waals surface area contributed by atoms with Crippen molar-refractivity contribution in [1.82, 2.24) is 10.2 Å². The molecule has 0 aliphatic heterocycles. The number of hydrogen-bond acceptors (Lipinski definition) is 6. The molecule has 2 aromatic rings. The van der Waals surface area contributed by atoms with E-state index in [1.807, 2.05) is 44.2 Å². The Hall–Kier alpha value is -3.69. The van der Waals surface area contributed by atoms with Gasteiger partial charge in [-0.25, -0.2) is 0 Å². The van der Waals surface area contributed by atoms with Crippen molar-refractivity contribution in [2.75, 3.05) is 19.6 Å². The van der Waals surface area contributed by atoms with E-state index in [1.165, 1.54) is 18.4 Å². The van der Waals surface area contributed by atoms with Crippen molar-refractivity contribution in [1.29, 1.82) is 0 Å². The highest BCUT2D eigenvalue weighted by molar-refractivity contribution is 6.03. The maximum absolute atomic E-state index is 13.6. The fourth-order valence-electron chi connectivity index (χ4n) is 5.25. The number of hydrogen-bond donors (Lipinski definition) is 4. The Balaban J connectivity index is 2.00. The van der Waals surface area contributed by atoms with Gasteiger partial charge in [0.15, 0.2) is 0 Å². The Labute approximate surface area is 229 Å². The lowest BCUT2D eigenvalue weighted by atomic mass is 9.63. The van der Waals surface area contributed by atoms with Gasteiger partial charge in [0, 0.05) is 49.7 Å². The highest BCUT2D eigenvalue weighted by Crippen LogP contribution is 2.44. The molecule has 9 heteroatoms. The summed E-state index contributed by atoms with van der Waals surface area (Å²) in [7, 11) is 0. The zero-order chi connectivity index (χ0) is 28.4. The smallest absolute Gasteiger partial charge is 0.249 e. The van der Waals surface area contributed by atoms with Gasteiger partial charge < -0.3 is 31.2 Å². The van der Waals surface area contributed by atoms with E-state index in [4.69, 9.17) is 15.9 Å². The van der Waals surface area contributed by atoms with E-state index in [2.05, 4.69) is 5.32 Å². The predicted octanol–water partition coefficient (Wildman–Crippen LogP) is 2.45. The lowest BCUT2D eigenvalue weighted by Gasteiger charge is -2.41. The summed E-state index contributed by atoms with van der Waals surface area (Å²) in [5.41, 5.74) is 11.5. The van der Waals surface area contributed by atoms with Crippen LogP contribution in [0.15, 0.2) is 76.4 Å². The minimum absolute atomic E-state index is 0.0187. The zero-order valence-corrected chi connectivity index (χ0v) is 22.8. The van der Waals surface area contributed by atoms with Gasteiger partial charge in [0.25, 0.3) is 0 Å². The fraction of sp³-hybridized carbons (Fsp3) is 0.433. The van der Waals surface area contributed by atoms with Crippen LogP contribution in [-0.2, 0) is 27.3 Å². The summed E-state index contributed by atoms with van der Waals surface area (Å²) < 4.78 is 5.57. The van der Waals surface area contributed by atoms with Crippen molar-refractivity contribution < 1.29 is 23.9 Å². The molecule has 0 fully saturated rings. The second-order valence-electron chi connectivity index (χ2n) is 10.1. The van der Waals surface area contributed by atoms with E-state index in [0.717, 1.165) is 18.4 Å². The molecule has 39 heavy (non-hydrogen) atoms. The first-order valence-corrected chi connectivity index (χ1v) is 13.5. The van der Waals surface area contributed by atoms with Crippen molar-refractivity contribution in [3.8, 4) is 0 Å². The Morgan fingerprint density at radius 3 is 2.33 bits per heavy atom. The molecule has 1 aliphatic rings. The summed E-state index contributed by atoms with van der Waals surface area (Å²) in [5, 5.41) is 14.7. The molecule has 0 bridgehead atoms. The molecule has 0 radical (unpaired) electrons. The average Bonchev–Trinajstić information content (AvgIpc) is 3.44. The molecule has 0 saturated heterocycles. The van der Waals surface area contributed by atoms with Gasteiger partial charge in [0.1, 0.15) is 5.76 Å². The third-order valence-corrected chi connectivity index (χ3v) is 7.17. The van der Waals surface area contributed by atoms with Crippen LogP contribution in [0, 0.1) is 11.3 Å². The summed E-state index contributed by atoms with van der Waals surface area (Å²) in [4.78, 5) is 41.1. The van der Waals surface area contributed by atoms with Crippen LogP contribution in [-0.4, -0.2) is 53.5 Å². The average molecular weight is 537 g/mol. The number of rotatable bonds is 15. The number of primary amides is 2. The standard InChI is InChI=1S/C30H40N4O5/c1-3-12-34(13-4-2)28(37)23-15-22(27(31)36)17-30(18-23,29(32)38)25(16-24-11-8-14-39-24)26(35)20-33-19-21-9-6-5-7-10-21/h5-11,14-15,17,25-26,33,35H,3-4,12-13,16,18-20H2,1-2H3,(H2,31,36)(H2,32,38)/t25-,26+,30?/m1/s1. The minimum atomic E-state index is -1.56. The van der Waals surface area contributed by atoms with Crippen molar-refractivity contribution in [2.45, 2.75) is 52.2 Å². The molecule has 1 unspecified atom stereocenters. The molecule has 0 spiro atoms. The van der Waals surface area contributed by atoms with Crippen LogP contribution in [0.5, 0.6) is 0 Å². The molecule has 3 rings (SSSR count). The Morgan fingerprint density at radius 1 is 1.08 bits per heavy atom. The van der Waals surface area contributed by atoms with E-state index in [9.17, 15) is 19.5 Å². The lowest BCUT2D eigenvalue weighted by molar-refractivity contribution is -0.132. The van der Waals surface area contributed by atoms with Gasteiger partial charge in [-0.2, -0.15) is 0 Å². The molecule has 0 saturated carbocycles. The number of carbonyl (C=O) groups is 3. The SMILES string of the molecule is CCCN(CCC)C(=O)C1=CC(C(N)=O)=CC(C(N)=O)([C@H](Cc2ccco2)[C@@H](O)CNCc2ccccc2)C1. The second-order valence-corrected chi connectivity index (χ2v) is 10.1. The van der Waals surface area contributed by atoms with Crippen molar-refractivity contribution >= 4 is 17.7 Å². The molecule has 1 aliphatic carbocycles. The summed E-state index contributed by atoms with van der Waals surface area (Å²) in [6.07, 6.45) is 4.92. The van der Waals surface area contributed by atoms with E-state index >= 15 is 0 Å². The van der Waals surface area contributed by atoms with E-state index in [0.29, 0.717) is 25.4 Å². The summed E-state index contributed by atoms with van der Waals surface area (Å²) in [6.45, 7) is 5.66. The first-order chi connectivity index (χ1) is 18.7. The number of benzene rings is 1. The number of nitrogens with one attached hydrogen (secondary N) is 1. The summed E-state index contributed by atoms with van der Waals surface area (Å²) in [6, 6.07) is 13.2. The van der Waals surface area contributed by atoms with Crippen molar-refractivity contribution in [2.24, 2.45) is 22.8 Å². The van der Waals surface area contributed by atoms with Gasteiger partial charge in [-0.15, -0.1) is 0 Å². The van der Waals surface area contributed by atoms with Crippen LogP contribution in [0.3, 0.4) is 0 Å². The zero-order valence-electron chi connectivity index (χ0n) is 22.8. The molecule has 210 valence electrons. The largest absolute Gasteiger partial charge is 0.469 e. The van der Waals surface area contributed by atoms with Gasteiger partial charge in [-0.3, -0.25) is 14.4 Å². The van der Waals surface area contributed by atoms with Crippen LogP contribution in [0.1, 0.15) is 44.4 Å². The Kier molecular flexibility index (Phi) is 10.7. The normalized spacial score (nSPS) is 18.5. The first kappa shape index (κ1) is 29.9. The van der Waals surface area contributed by atoms with E-state index in [-0.39, 0.29) is 36.4 Å². The number of nitrogens with zero attached hydrogens (tertiary/aromatic N) is 1. The second kappa shape index (κ2) is 13.9. The van der Waals surface area contributed by atoms with Crippen LogP contribution in [0.2, 0.25) is 0 Å². The van der Waals surface area contributed by atoms with Crippen LogP contribution in [0.25, 0.3) is 0 Å². The number of furan rings is 1. The molecule has 6 N–H and O–H groups in total. The number of aliphatic hydroxyl groups excluding tert-OH is 1. The molecule has 1 aromatic carbocycles. The highest BCUT2D eigenvalue weighted by atomic mass is 16.3. The quantitative estimate of drug-likeness (QED) is 0.274. The van der Waals surface area contributed by atoms with Gasteiger partial charge in [0.2, 0.25) is 17.7 Å². The maximum atomic E-state index is 13.6. The van der Waals surface area contributed by atoms with Crippen LogP contribution >= 0.6 is 0 Å². The maximum Gasteiger partial charge on any atom is 0.249 e. The predicted molar refractivity (Wildman–Crippen MR) is 149 cm³/mol. The summed E-state index contributed by atoms with van der Waals surface area (Å²) in [5.74, 6) is -2.09. The molecule has 3 atom stereocenters. The van der Waals surface area contributed by atoms with Gasteiger partial charge in [0.05, 0.1) is 17.8 Å². The third kappa shape index (κ3) is 7.46. The summed E-state index contributed by atoms with van der Waals surface area (Å²) >= 11 is 0.